The van der Waals surface area contributed by atoms with Crippen molar-refractivity contribution in [1.29, 1.82) is 0 Å². The molecule has 1 amide bonds. The fourth-order valence-corrected chi connectivity index (χ4v) is 8.15. The van der Waals surface area contributed by atoms with Gasteiger partial charge in [-0.3, -0.25) is 9.69 Å². The van der Waals surface area contributed by atoms with Crippen molar-refractivity contribution >= 4 is 25.3 Å². The lowest BCUT2D eigenvalue weighted by Gasteiger charge is -2.55. The van der Waals surface area contributed by atoms with Gasteiger partial charge in [-0.1, -0.05) is 85.4 Å². The van der Waals surface area contributed by atoms with Crippen molar-refractivity contribution in [2.45, 2.75) is 79.5 Å². The fraction of sp³-hybridized carbons (Fsp3) is 0.600. The van der Waals surface area contributed by atoms with Gasteiger partial charge in [-0.15, -0.1) is 0 Å². The van der Waals surface area contributed by atoms with Crippen molar-refractivity contribution in [2.75, 3.05) is 19.7 Å². The lowest BCUT2D eigenvalue weighted by atomic mass is 9.50. The zero-order valence-electron chi connectivity index (χ0n) is 23.5. The van der Waals surface area contributed by atoms with E-state index in [0.29, 0.717) is 24.5 Å². The molecule has 2 atom stereocenters. The van der Waals surface area contributed by atoms with Crippen LogP contribution in [0.1, 0.15) is 60.8 Å². The molecule has 1 saturated carbocycles. The van der Waals surface area contributed by atoms with Crippen LogP contribution in [0.4, 0.5) is 4.79 Å². The number of carbonyl (C=O) groups excluding carboxylic acids is 2. The highest BCUT2D eigenvalue weighted by atomic mass is 28.3. The van der Waals surface area contributed by atoms with Gasteiger partial charge >= 0.3 is 12.1 Å². The number of nitrogens with zero attached hydrogens (tertiary/aromatic N) is 1. The predicted molar refractivity (Wildman–Crippen MR) is 149 cm³/mol. The minimum atomic E-state index is -2.04. The molecular weight excluding hydrogens is 466 g/mol. The normalized spacial score (nSPS) is 21.2. The summed E-state index contributed by atoms with van der Waals surface area (Å²) in [5.41, 5.74) is 1.17. The molecule has 0 radical (unpaired) electrons. The molecule has 0 heterocycles. The average Bonchev–Trinajstić information content (AvgIpc) is 2.81. The Balaban J connectivity index is 1.64. The summed E-state index contributed by atoms with van der Waals surface area (Å²) in [4.78, 5) is 27.4. The molecule has 1 aromatic carbocycles. The van der Waals surface area contributed by atoms with Crippen LogP contribution in [0.2, 0.25) is 13.1 Å². The molecule has 4 rings (SSSR count). The number of hydrogen-bond donors (Lipinski definition) is 0. The monoisotopic (exact) mass is 511 g/mol. The number of rotatable bonds is 9. The Morgan fingerprint density at radius 2 is 1.81 bits per heavy atom. The van der Waals surface area contributed by atoms with Gasteiger partial charge in [-0.05, 0) is 57.8 Å². The highest BCUT2D eigenvalue weighted by Gasteiger charge is 2.49. The van der Waals surface area contributed by atoms with Crippen LogP contribution in [0.25, 0.3) is 0 Å². The van der Waals surface area contributed by atoms with Crippen LogP contribution in [-0.2, 0) is 14.3 Å². The molecule has 198 valence electrons. The molecule has 2 bridgehead atoms. The first-order valence-corrected chi connectivity index (χ1v) is 16.3. The Morgan fingerprint density at radius 1 is 1.14 bits per heavy atom. The second-order valence-electron chi connectivity index (χ2n) is 12.5. The largest absolute Gasteiger partial charge is 0.464 e. The van der Waals surface area contributed by atoms with Crippen molar-refractivity contribution in [3.8, 4) is 0 Å². The van der Waals surface area contributed by atoms with Crippen molar-refractivity contribution in [1.82, 2.24) is 4.90 Å². The highest BCUT2D eigenvalue weighted by molar-refractivity contribution is 6.95. The summed E-state index contributed by atoms with van der Waals surface area (Å²) < 4.78 is 11.3. The predicted octanol–water partition coefficient (Wildman–Crippen LogP) is 6.25. The van der Waals surface area contributed by atoms with E-state index in [2.05, 4.69) is 51.2 Å². The molecule has 0 N–H and O–H groups in total. The molecule has 1 fully saturated rings. The molecule has 3 aliphatic carbocycles. The van der Waals surface area contributed by atoms with E-state index in [1.165, 1.54) is 27.3 Å². The molecule has 0 aromatic heterocycles. The third kappa shape index (κ3) is 6.70. The summed E-state index contributed by atoms with van der Waals surface area (Å²) in [5, 5.41) is 2.45. The van der Waals surface area contributed by atoms with E-state index < -0.39 is 25.7 Å². The molecule has 3 aliphatic rings. The smallest absolute Gasteiger partial charge is 0.411 e. The van der Waals surface area contributed by atoms with Gasteiger partial charge < -0.3 is 9.47 Å². The maximum atomic E-state index is 13.1. The molecular formula is C30H45NO4Si. The Bertz CT molecular complexity index is 1000. The first-order chi connectivity index (χ1) is 16.7. The molecule has 0 spiro atoms. The Labute approximate surface area is 218 Å². The number of benzene rings is 1. The minimum Gasteiger partial charge on any atom is -0.464 e. The number of hydrogen-bond acceptors (Lipinski definition) is 4. The number of allylic oxidation sites excluding steroid dienone is 2. The van der Waals surface area contributed by atoms with Crippen LogP contribution in [0.3, 0.4) is 0 Å². The Morgan fingerprint density at radius 3 is 2.33 bits per heavy atom. The molecule has 0 aliphatic heterocycles. The van der Waals surface area contributed by atoms with Gasteiger partial charge in [0.1, 0.15) is 20.2 Å². The fourth-order valence-electron chi connectivity index (χ4n) is 5.44. The highest BCUT2D eigenvalue weighted by Crippen LogP contribution is 2.58. The Hall–Kier alpha value is -2.34. The molecule has 36 heavy (non-hydrogen) atoms. The summed E-state index contributed by atoms with van der Waals surface area (Å²) in [7, 11) is -2.04. The van der Waals surface area contributed by atoms with Crippen LogP contribution in [0.15, 0.2) is 53.3 Å². The number of carbonyl (C=O) groups is 2. The van der Waals surface area contributed by atoms with E-state index in [0.717, 1.165) is 18.8 Å². The van der Waals surface area contributed by atoms with Gasteiger partial charge in [-0.25, -0.2) is 4.79 Å². The van der Waals surface area contributed by atoms with Crippen LogP contribution in [-0.4, -0.2) is 50.3 Å². The topological polar surface area (TPSA) is 55.8 Å². The maximum absolute atomic E-state index is 13.1. The quantitative estimate of drug-likeness (QED) is 0.223. The van der Waals surface area contributed by atoms with E-state index in [9.17, 15) is 9.59 Å². The van der Waals surface area contributed by atoms with Gasteiger partial charge in [0.25, 0.3) is 0 Å². The van der Waals surface area contributed by atoms with Crippen molar-refractivity contribution in [2.24, 2.45) is 17.3 Å². The molecule has 5 nitrogen and oxygen atoms in total. The summed E-state index contributed by atoms with van der Waals surface area (Å²) >= 11 is 0. The Kier molecular flexibility index (Phi) is 8.59. The number of esters is 1. The first-order valence-electron chi connectivity index (χ1n) is 13.3. The first kappa shape index (κ1) is 28.2. The van der Waals surface area contributed by atoms with Crippen LogP contribution < -0.4 is 5.19 Å². The van der Waals surface area contributed by atoms with Gasteiger partial charge in [-0.2, -0.15) is 0 Å². The van der Waals surface area contributed by atoms with Crippen molar-refractivity contribution in [3.63, 3.8) is 0 Å². The number of ether oxygens (including phenoxy) is 2. The summed E-state index contributed by atoms with van der Waals surface area (Å²) in [6.07, 6.45) is 7.16. The van der Waals surface area contributed by atoms with Crippen LogP contribution in [0.5, 0.6) is 0 Å². The summed E-state index contributed by atoms with van der Waals surface area (Å²) in [6.45, 7) is 17.3. The minimum absolute atomic E-state index is 0.122. The standard InChI is InChI=1S/C30H45NO4Si/c1-9-25(36(7,8)26-13-11-10-12-14-26)20-31(28(33)35-29(2,3)4)21-27(32)34-16-15-22-17-23-19-24(18-22)30(23,5)6/h9-14,17,23-24H,15-16,18-21H2,1-8H3/b25-9-/t23-,24+/m0/s1. The van der Waals surface area contributed by atoms with Crippen LogP contribution >= 0.6 is 0 Å². The average molecular weight is 512 g/mol. The van der Waals surface area contributed by atoms with Gasteiger partial charge in [0.15, 0.2) is 0 Å². The summed E-state index contributed by atoms with van der Waals surface area (Å²) in [6, 6.07) is 10.4. The lowest BCUT2D eigenvalue weighted by Crippen LogP contribution is -2.49. The van der Waals surface area contributed by atoms with E-state index in [1.807, 2.05) is 45.9 Å². The van der Waals surface area contributed by atoms with Gasteiger partial charge in [0.2, 0.25) is 0 Å². The molecule has 6 heteroatoms. The maximum Gasteiger partial charge on any atom is 0.411 e. The lowest BCUT2D eigenvalue weighted by molar-refractivity contribution is -0.144. The third-order valence-corrected chi connectivity index (χ3v) is 12.0. The second-order valence-corrected chi connectivity index (χ2v) is 17.0. The zero-order chi connectivity index (χ0) is 26.7. The number of amides is 1. The number of fused-ring (bicyclic) bond motifs is 1. The van der Waals surface area contributed by atoms with Gasteiger partial charge in [0, 0.05) is 13.0 Å². The second kappa shape index (κ2) is 11.0. The van der Waals surface area contributed by atoms with E-state index in [1.54, 1.807) is 0 Å². The molecule has 1 aromatic rings. The third-order valence-electron chi connectivity index (χ3n) is 8.16. The van der Waals surface area contributed by atoms with Crippen molar-refractivity contribution < 1.29 is 19.1 Å². The van der Waals surface area contributed by atoms with Gasteiger partial charge in [0.05, 0.1) is 6.61 Å². The SMILES string of the molecule is C/C=C(/CN(CC(=O)OCCC1=C[C@H]2C[C@@H](C1)C2(C)C)C(=O)OC(C)(C)C)[Si](C)(C)c1ccccc1. The zero-order valence-corrected chi connectivity index (χ0v) is 24.5. The van der Waals surface area contributed by atoms with Crippen LogP contribution in [0, 0.1) is 17.3 Å². The van der Waals surface area contributed by atoms with E-state index >= 15 is 0 Å². The van der Waals surface area contributed by atoms with Crippen molar-refractivity contribution in [3.05, 3.63) is 53.3 Å². The molecule has 0 unspecified atom stereocenters. The van der Waals surface area contributed by atoms with E-state index in [4.69, 9.17) is 9.47 Å². The summed E-state index contributed by atoms with van der Waals surface area (Å²) in [5.74, 6) is 1.01. The molecule has 0 saturated heterocycles. The van der Waals surface area contributed by atoms with E-state index in [-0.39, 0.29) is 6.54 Å².